The van der Waals surface area contributed by atoms with Crippen LogP contribution in [0, 0.1) is 0 Å². The highest BCUT2D eigenvalue weighted by atomic mass is 32.2. The third-order valence-electron chi connectivity index (χ3n) is 3.64. The highest BCUT2D eigenvalue weighted by Gasteiger charge is 2.21. The lowest BCUT2D eigenvalue weighted by Crippen LogP contribution is -2.39. The molecule has 0 amide bonds. The molecule has 0 spiro atoms. The van der Waals surface area contributed by atoms with Gasteiger partial charge in [0.1, 0.15) is 0 Å². The van der Waals surface area contributed by atoms with Crippen molar-refractivity contribution in [1.82, 2.24) is 4.90 Å². The van der Waals surface area contributed by atoms with Gasteiger partial charge < -0.3 is 0 Å². The van der Waals surface area contributed by atoms with Gasteiger partial charge in [-0.15, -0.1) is 0 Å². The predicted molar refractivity (Wildman–Crippen MR) is 90.2 cm³/mol. The topological polar surface area (TPSA) is 37.4 Å². The normalized spacial score (nSPS) is 17.8. The van der Waals surface area contributed by atoms with Gasteiger partial charge >= 0.3 is 0 Å². The summed E-state index contributed by atoms with van der Waals surface area (Å²) in [6.45, 7) is 6.65. The zero-order chi connectivity index (χ0) is 15.6. The molecule has 0 aliphatic carbocycles. The Balaban J connectivity index is 0.000000315. The molecule has 0 bridgehead atoms. The number of nitrogens with zero attached hydrogens (tertiary/aromatic N) is 1. The highest BCUT2D eigenvalue weighted by molar-refractivity contribution is 7.91. The summed E-state index contributed by atoms with van der Waals surface area (Å²) < 4.78 is 22.4. The van der Waals surface area contributed by atoms with Gasteiger partial charge in [0.15, 0.2) is 9.84 Å². The van der Waals surface area contributed by atoms with Gasteiger partial charge in [-0.3, -0.25) is 4.90 Å². The van der Waals surface area contributed by atoms with Gasteiger partial charge in [0.05, 0.1) is 11.5 Å². The molecular weight excluding hydrogens is 282 g/mol. The van der Waals surface area contributed by atoms with E-state index >= 15 is 0 Å². The molecule has 0 saturated carbocycles. The Morgan fingerprint density at radius 3 is 1.95 bits per heavy atom. The number of sulfone groups is 1. The molecule has 2 rings (SSSR count). The maximum atomic E-state index is 11.2. The maximum Gasteiger partial charge on any atom is 0.152 e. The van der Waals surface area contributed by atoms with Crippen molar-refractivity contribution in [1.29, 1.82) is 0 Å². The van der Waals surface area contributed by atoms with Crippen LogP contribution in [0.4, 0.5) is 0 Å². The van der Waals surface area contributed by atoms with E-state index in [1.54, 1.807) is 0 Å². The molecular formula is C17H29NO2S. The van der Waals surface area contributed by atoms with Crippen molar-refractivity contribution in [3.05, 3.63) is 35.9 Å². The Kier molecular flexibility index (Phi) is 8.62. The lowest BCUT2D eigenvalue weighted by atomic mass is 10.2. The lowest BCUT2D eigenvalue weighted by molar-refractivity contribution is 0.287. The lowest BCUT2D eigenvalue weighted by Gasteiger charge is -2.26. The van der Waals surface area contributed by atoms with Crippen LogP contribution in [0.2, 0.25) is 0 Å². The van der Waals surface area contributed by atoms with E-state index in [9.17, 15) is 8.42 Å². The second kappa shape index (κ2) is 9.96. The van der Waals surface area contributed by atoms with Crippen molar-refractivity contribution in [2.75, 3.05) is 24.6 Å². The van der Waals surface area contributed by atoms with Gasteiger partial charge in [-0.1, -0.05) is 69.9 Å². The first kappa shape index (κ1) is 18.2. The molecule has 0 N–H and O–H groups in total. The van der Waals surface area contributed by atoms with Crippen molar-refractivity contribution in [3.8, 4) is 0 Å². The summed E-state index contributed by atoms with van der Waals surface area (Å²) in [4.78, 5) is 2.19. The molecule has 1 saturated heterocycles. The van der Waals surface area contributed by atoms with E-state index in [1.807, 2.05) is 18.2 Å². The van der Waals surface area contributed by atoms with E-state index in [1.165, 1.54) is 31.2 Å². The number of benzene rings is 1. The molecule has 1 heterocycles. The van der Waals surface area contributed by atoms with Crippen molar-refractivity contribution in [2.45, 2.75) is 46.1 Å². The van der Waals surface area contributed by atoms with Crippen molar-refractivity contribution in [3.63, 3.8) is 0 Å². The van der Waals surface area contributed by atoms with Gasteiger partial charge in [0.25, 0.3) is 0 Å². The van der Waals surface area contributed by atoms with Crippen LogP contribution in [-0.4, -0.2) is 37.9 Å². The van der Waals surface area contributed by atoms with Crippen molar-refractivity contribution in [2.24, 2.45) is 0 Å². The van der Waals surface area contributed by atoms with Crippen LogP contribution in [0.25, 0.3) is 0 Å². The molecule has 0 atom stereocenters. The summed E-state index contributed by atoms with van der Waals surface area (Å²) in [6.07, 6.45) is 5.54. The van der Waals surface area contributed by atoms with E-state index in [2.05, 4.69) is 30.9 Å². The number of hydrogen-bond acceptors (Lipinski definition) is 3. The van der Waals surface area contributed by atoms with Crippen LogP contribution >= 0.6 is 0 Å². The summed E-state index contributed by atoms with van der Waals surface area (Å²) >= 11 is 0. The van der Waals surface area contributed by atoms with Crippen LogP contribution in [-0.2, 0) is 16.4 Å². The Bertz CT molecular complexity index is 453. The van der Waals surface area contributed by atoms with Gasteiger partial charge in [-0.2, -0.15) is 0 Å². The van der Waals surface area contributed by atoms with E-state index in [0.29, 0.717) is 24.6 Å². The Labute approximate surface area is 130 Å². The SMILES string of the molecule is CCCCCC.O=S1(=O)CCN(Cc2ccccc2)CC1. The van der Waals surface area contributed by atoms with E-state index in [0.717, 1.165) is 6.54 Å². The summed E-state index contributed by atoms with van der Waals surface area (Å²) in [7, 11) is -2.75. The predicted octanol–water partition coefficient (Wildman–Crippen LogP) is 3.50. The zero-order valence-corrected chi connectivity index (χ0v) is 14.2. The molecule has 4 heteroatoms. The first-order valence-electron chi connectivity index (χ1n) is 8.04. The molecule has 1 aliphatic rings. The van der Waals surface area contributed by atoms with Gasteiger partial charge in [-0.05, 0) is 5.56 Å². The highest BCUT2D eigenvalue weighted by Crippen LogP contribution is 2.09. The Hall–Kier alpha value is -0.870. The molecule has 1 aromatic rings. The van der Waals surface area contributed by atoms with Crippen molar-refractivity contribution < 1.29 is 8.42 Å². The number of rotatable bonds is 5. The van der Waals surface area contributed by atoms with Crippen LogP contribution < -0.4 is 0 Å². The smallest absolute Gasteiger partial charge is 0.152 e. The largest absolute Gasteiger partial charge is 0.297 e. The minimum Gasteiger partial charge on any atom is -0.297 e. The van der Waals surface area contributed by atoms with Crippen molar-refractivity contribution >= 4 is 9.84 Å². The standard InChI is InChI=1S/C11H15NO2S.C6H14/c13-15(14)8-6-12(7-9-15)10-11-4-2-1-3-5-11;1-3-5-6-4-2/h1-5H,6-10H2;3-6H2,1-2H3. The van der Waals surface area contributed by atoms with Gasteiger partial charge in [0.2, 0.25) is 0 Å². The van der Waals surface area contributed by atoms with Crippen LogP contribution in [0.3, 0.4) is 0 Å². The molecule has 1 aliphatic heterocycles. The summed E-state index contributed by atoms with van der Waals surface area (Å²) in [5, 5.41) is 0. The third-order valence-corrected chi connectivity index (χ3v) is 5.25. The fraction of sp³-hybridized carbons (Fsp3) is 0.647. The number of hydrogen-bond donors (Lipinski definition) is 0. The second-order valence-corrected chi connectivity index (χ2v) is 7.92. The summed E-state index contributed by atoms with van der Waals surface area (Å²) in [6, 6.07) is 10.2. The fourth-order valence-electron chi connectivity index (χ4n) is 2.25. The van der Waals surface area contributed by atoms with E-state index in [-0.39, 0.29) is 0 Å². The average molecular weight is 311 g/mol. The molecule has 120 valence electrons. The minimum absolute atomic E-state index is 0.305. The zero-order valence-electron chi connectivity index (χ0n) is 13.4. The summed E-state index contributed by atoms with van der Waals surface area (Å²) in [5.74, 6) is 0.611. The molecule has 3 nitrogen and oxygen atoms in total. The molecule has 0 unspecified atom stereocenters. The maximum absolute atomic E-state index is 11.2. The quantitative estimate of drug-likeness (QED) is 0.781. The minimum atomic E-state index is -2.75. The molecule has 0 aromatic heterocycles. The Morgan fingerprint density at radius 2 is 1.48 bits per heavy atom. The van der Waals surface area contributed by atoms with Gasteiger partial charge in [-0.25, -0.2) is 8.42 Å². The fourth-order valence-corrected chi connectivity index (χ4v) is 3.53. The molecule has 21 heavy (non-hydrogen) atoms. The molecule has 1 aromatic carbocycles. The van der Waals surface area contributed by atoms with Crippen LogP contribution in [0.5, 0.6) is 0 Å². The third kappa shape index (κ3) is 8.22. The van der Waals surface area contributed by atoms with Gasteiger partial charge in [0, 0.05) is 19.6 Å². The van der Waals surface area contributed by atoms with E-state index < -0.39 is 9.84 Å². The van der Waals surface area contributed by atoms with E-state index in [4.69, 9.17) is 0 Å². The molecule has 0 radical (unpaired) electrons. The first-order valence-corrected chi connectivity index (χ1v) is 9.86. The van der Waals surface area contributed by atoms with Crippen LogP contribution in [0.1, 0.15) is 45.1 Å². The molecule has 1 fully saturated rings. The number of unbranched alkanes of at least 4 members (excludes halogenated alkanes) is 3. The Morgan fingerprint density at radius 1 is 0.952 bits per heavy atom. The average Bonchev–Trinajstić information content (AvgIpc) is 2.49. The second-order valence-electron chi connectivity index (χ2n) is 5.62. The van der Waals surface area contributed by atoms with Crippen LogP contribution in [0.15, 0.2) is 30.3 Å². The summed E-state index contributed by atoms with van der Waals surface area (Å²) in [5.41, 5.74) is 1.25. The monoisotopic (exact) mass is 311 g/mol. The first-order chi connectivity index (χ1) is 10.1.